The summed E-state index contributed by atoms with van der Waals surface area (Å²) in [6, 6.07) is 3.36. The molecule has 0 aliphatic carbocycles. The van der Waals surface area contributed by atoms with Crippen LogP contribution in [0.15, 0.2) is 12.1 Å². The molecule has 5 heteroatoms. The Morgan fingerprint density at radius 2 is 2.07 bits per heavy atom. The van der Waals surface area contributed by atoms with Crippen LogP contribution in [0.5, 0.6) is 0 Å². The minimum Gasteiger partial charge on any atom is -0.396 e. The Labute approximate surface area is 88.2 Å². The molecule has 0 radical (unpaired) electrons. The van der Waals surface area contributed by atoms with Crippen LogP contribution in [0.4, 0.5) is 5.82 Å². The number of aryl methyl sites for hydroxylation is 1. The summed E-state index contributed by atoms with van der Waals surface area (Å²) in [6.45, 7) is 1.59. The molecule has 5 N–H and O–H groups in total. The second-order valence-corrected chi connectivity index (χ2v) is 3.46. The van der Waals surface area contributed by atoms with Crippen molar-refractivity contribution in [2.24, 2.45) is 0 Å². The quantitative estimate of drug-likeness (QED) is 0.551. The van der Waals surface area contributed by atoms with Gasteiger partial charge in [-0.25, -0.2) is 4.98 Å². The molecule has 0 aromatic carbocycles. The fourth-order valence-electron chi connectivity index (χ4n) is 1.33. The second kappa shape index (κ2) is 5.06. The molecule has 0 aliphatic heterocycles. The Hall–Kier alpha value is -1.17. The first-order chi connectivity index (χ1) is 7.06. The zero-order valence-electron chi connectivity index (χ0n) is 8.59. The van der Waals surface area contributed by atoms with Gasteiger partial charge in [-0.3, -0.25) is 0 Å². The molecule has 1 aromatic heterocycles. The summed E-state index contributed by atoms with van der Waals surface area (Å²) in [7, 11) is 0. The first-order valence-electron chi connectivity index (χ1n) is 4.76. The van der Waals surface area contributed by atoms with E-state index in [-0.39, 0.29) is 13.0 Å². The van der Waals surface area contributed by atoms with Crippen molar-refractivity contribution in [3.8, 4) is 0 Å². The molecule has 1 heterocycles. The number of aliphatic hydroxyl groups excluding tert-OH is 3. The highest BCUT2D eigenvalue weighted by molar-refractivity contribution is 5.34. The number of nitrogens with zero attached hydrogens (tertiary/aromatic N) is 1. The van der Waals surface area contributed by atoms with Gasteiger partial charge in [0.15, 0.2) is 0 Å². The molecule has 0 spiro atoms. The van der Waals surface area contributed by atoms with Crippen molar-refractivity contribution < 1.29 is 15.3 Å². The minimum atomic E-state index is -1.11. The number of nitrogens with two attached hydrogens (primary N) is 1. The fraction of sp³-hybridized carbons (Fsp3) is 0.500. The smallest absolute Gasteiger partial charge is 0.123 e. The molecule has 5 nitrogen and oxygen atoms in total. The van der Waals surface area contributed by atoms with E-state index in [0.717, 1.165) is 5.56 Å². The molecular weight excluding hydrogens is 196 g/mol. The van der Waals surface area contributed by atoms with Gasteiger partial charge in [0.1, 0.15) is 11.9 Å². The van der Waals surface area contributed by atoms with E-state index in [1.807, 2.05) is 0 Å². The summed E-state index contributed by atoms with van der Waals surface area (Å²) in [5.41, 5.74) is 6.60. The van der Waals surface area contributed by atoms with Crippen molar-refractivity contribution >= 4 is 5.82 Å². The first-order valence-corrected chi connectivity index (χ1v) is 4.76. The van der Waals surface area contributed by atoms with Gasteiger partial charge in [-0.2, -0.15) is 0 Å². The average molecular weight is 212 g/mol. The Morgan fingerprint density at radius 3 is 2.67 bits per heavy atom. The van der Waals surface area contributed by atoms with Crippen LogP contribution in [0.25, 0.3) is 0 Å². The van der Waals surface area contributed by atoms with E-state index in [2.05, 4.69) is 4.98 Å². The lowest BCUT2D eigenvalue weighted by Crippen LogP contribution is -2.21. The zero-order valence-corrected chi connectivity index (χ0v) is 8.59. The average Bonchev–Trinajstić information content (AvgIpc) is 2.21. The Morgan fingerprint density at radius 1 is 1.40 bits per heavy atom. The third kappa shape index (κ3) is 2.89. The monoisotopic (exact) mass is 212 g/mol. The molecule has 0 bridgehead atoms. The number of nitrogen functional groups attached to an aromatic ring is 1. The van der Waals surface area contributed by atoms with Crippen molar-refractivity contribution in [1.29, 1.82) is 0 Å². The van der Waals surface area contributed by atoms with E-state index in [9.17, 15) is 10.2 Å². The van der Waals surface area contributed by atoms with E-state index < -0.39 is 12.2 Å². The maximum atomic E-state index is 9.75. The SMILES string of the molecule is Cc1ccc(N)nc1C(O)C(O)CCO. The van der Waals surface area contributed by atoms with Crippen molar-refractivity contribution in [2.75, 3.05) is 12.3 Å². The molecule has 84 valence electrons. The largest absolute Gasteiger partial charge is 0.396 e. The minimum absolute atomic E-state index is 0.108. The molecule has 15 heavy (non-hydrogen) atoms. The fourth-order valence-corrected chi connectivity index (χ4v) is 1.33. The van der Waals surface area contributed by atoms with Crippen LogP contribution in [0.3, 0.4) is 0 Å². The Kier molecular flexibility index (Phi) is 4.02. The number of rotatable bonds is 4. The van der Waals surface area contributed by atoms with E-state index in [1.165, 1.54) is 0 Å². The molecule has 0 fully saturated rings. The summed E-state index contributed by atoms with van der Waals surface area (Å²) in [5, 5.41) is 27.9. The zero-order chi connectivity index (χ0) is 11.4. The molecule has 0 aliphatic rings. The number of pyridine rings is 1. The number of hydrogen-bond acceptors (Lipinski definition) is 5. The Bertz CT molecular complexity index is 330. The lowest BCUT2D eigenvalue weighted by molar-refractivity contribution is 0.00164. The number of anilines is 1. The summed E-state index contributed by atoms with van der Waals surface area (Å²) < 4.78 is 0. The van der Waals surface area contributed by atoms with Gasteiger partial charge in [0, 0.05) is 6.61 Å². The van der Waals surface area contributed by atoms with Gasteiger partial charge in [0.2, 0.25) is 0 Å². The van der Waals surface area contributed by atoms with E-state index in [1.54, 1.807) is 19.1 Å². The highest BCUT2D eigenvalue weighted by Gasteiger charge is 2.21. The molecule has 1 aromatic rings. The summed E-state index contributed by atoms with van der Waals surface area (Å²) in [4.78, 5) is 3.96. The van der Waals surface area contributed by atoms with Crippen LogP contribution in [0.2, 0.25) is 0 Å². The molecular formula is C10H16N2O3. The van der Waals surface area contributed by atoms with Gasteiger partial charge >= 0.3 is 0 Å². The molecule has 2 unspecified atom stereocenters. The Balaban J connectivity index is 2.89. The molecule has 2 atom stereocenters. The van der Waals surface area contributed by atoms with E-state index in [4.69, 9.17) is 10.8 Å². The van der Waals surface area contributed by atoms with Crippen molar-refractivity contribution in [2.45, 2.75) is 25.6 Å². The lowest BCUT2D eigenvalue weighted by atomic mass is 10.0. The highest BCUT2D eigenvalue weighted by Crippen LogP contribution is 2.21. The van der Waals surface area contributed by atoms with E-state index >= 15 is 0 Å². The van der Waals surface area contributed by atoms with Crippen LogP contribution < -0.4 is 5.73 Å². The van der Waals surface area contributed by atoms with Crippen molar-refractivity contribution in [3.63, 3.8) is 0 Å². The first kappa shape index (κ1) is 11.9. The molecule has 0 saturated carbocycles. The number of hydrogen-bond donors (Lipinski definition) is 4. The third-order valence-electron chi connectivity index (χ3n) is 2.23. The van der Waals surface area contributed by atoms with Gasteiger partial charge < -0.3 is 21.1 Å². The molecule has 1 rings (SSSR count). The topological polar surface area (TPSA) is 99.6 Å². The predicted octanol–water partition coefficient (Wildman–Crippen LogP) is -0.251. The van der Waals surface area contributed by atoms with Gasteiger partial charge in [-0.15, -0.1) is 0 Å². The van der Waals surface area contributed by atoms with Crippen LogP contribution in [0, 0.1) is 6.92 Å². The van der Waals surface area contributed by atoms with Crippen LogP contribution in [0.1, 0.15) is 23.8 Å². The van der Waals surface area contributed by atoms with Crippen molar-refractivity contribution in [3.05, 3.63) is 23.4 Å². The number of aliphatic hydroxyl groups is 3. The van der Waals surface area contributed by atoms with Crippen LogP contribution >= 0.6 is 0 Å². The highest BCUT2D eigenvalue weighted by atomic mass is 16.3. The third-order valence-corrected chi connectivity index (χ3v) is 2.23. The standard InChI is InChI=1S/C10H16N2O3/c1-6-2-3-8(11)12-9(6)10(15)7(14)4-5-13/h2-3,7,10,13-15H,4-5H2,1H3,(H2,11,12). The van der Waals surface area contributed by atoms with Crippen molar-refractivity contribution in [1.82, 2.24) is 4.98 Å². The maximum absolute atomic E-state index is 9.75. The molecule has 0 saturated heterocycles. The predicted molar refractivity (Wildman–Crippen MR) is 56.1 cm³/mol. The lowest BCUT2D eigenvalue weighted by Gasteiger charge is -2.18. The van der Waals surface area contributed by atoms with Gasteiger partial charge in [0.25, 0.3) is 0 Å². The van der Waals surface area contributed by atoms with E-state index in [0.29, 0.717) is 11.5 Å². The van der Waals surface area contributed by atoms with Gasteiger partial charge in [-0.1, -0.05) is 6.07 Å². The van der Waals surface area contributed by atoms with Gasteiger partial charge in [-0.05, 0) is 25.0 Å². The van der Waals surface area contributed by atoms with Gasteiger partial charge in [0.05, 0.1) is 11.8 Å². The van der Waals surface area contributed by atoms with Crippen LogP contribution in [-0.2, 0) is 0 Å². The summed E-state index contributed by atoms with van der Waals surface area (Å²) >= 11 is 0. The summed E-state index contributed by atoms with van der Waals surface area (Å²) in [6.07, 6.45) is -2.03. The van der Waals surface area contributed by atoms with Crippen LogP contribution in [-0.4, -0.2) is 33.0 Å². The summed E-state index contributed by atoms with van der Waals surface area (Å²) in [5.74, 6) is 0.297. The normalized spacial score (nSPS) is 14.9. The number of aromatic nitrogens is 1. The maximum Gasteiger partial charge on any atom is 0.123 e. The second-order valence-electron chi connectivity index (χ2n) is 3.46. The molecule has 0 amide bonds.